The number of carbonyl (C=O) groups excluding carboxylic acids is 1. The largest absolute Gasteiger partial charge is 0.486 e. The van der Waals surface area contributed by atoms with E-state index >= 15 is 0 Å². The number of hydrogen-bond donors (Lipinski definition) is 1. The molecule has 0 unspecified atom stereocenters. The van der Waals surface area contributed by atoms with E-state index in [1.807, 2.05) is 29.3 Å². The van der Waals surface area contributed by atoms with Gasteiger partial charge in [0, 0.05) is 56.2 Å². The maximum absolute atomic E-state index is 12.7. The van der Waals surface area contributed by atoms with Crippen molar-refractivity contribution in [2.75, 3.05) is 39.4 Å². The number of nitrogens with zero attached hydrogens (tertiary/aromatic N) is 2. The second kappa shape index (κ2) is 8.40. The number of ether oxygens (including phenoxy) is 2. The monoisotopic (exact) mass is 405 g/mol. The van der Waals surface area contributed by atoms with E-state index < -0.39 is 0 Å². The molecule has 3 heterocycles. The highest BCUT2D eigenvalue weighted by Gasteiger charge is 2.22. The van der Waals surface area contributed by atoms with Crippen molar-refractivity contribution >= 4 is 16.8 Å². The Morgan fingerprint density at radius 1 is 0.967 bits per heavy atom. The molecule has 0 aliphatic carbocycles. The predicted octanol–water partition coefficient (Wildman–Crippen LogP) is 3.22. The summed E-state index contributed by atoms with van der Waals surface area (Å²) in [5.41, 5.74) is 3.57. The number of amides is 1. The van der Waals surface area contributed by atoms with Crippen LogP contribution in [-0.2, 0) is 17.8 Å². The Balaban J connectivity index is 1.12. The van der Waals surface area contributed by atoms with Crippen molar-refractivity contribution in [3.63, 3.8) is 0 Å². The molecule has 30 heavy (non-hydrogen) atoms. The Morgan fingerprint density at radius 2 is 1.77 bits per heavy atom. The van der Waals surface area contributed by atoms with Gasteiger partial charge >= 0.3 is 0 Å². The number of benzene rings is 2. The highest BCUT2D eigenvalue weighted by molar-refractivity contribution is 5.84. The number of rotatable bonds is 5. The molecule has 0 bridgehead atoms. The fourth-order valence-corrected chi connectivity index (χ4v) is 4.34. The molecule has 6 heteroatoms. The van der Waals surface area contributed by atoms with Gasteiger partial charge in [-0.2, -0.15) is 0 Å². The van der Waals surface area contributed by atoms with Crippen LogP contribution in [0.15, 0.2) is 48.7 Å². The molecule has 2 aliphatic heterocycles. The van der Waals surface area contributed by atoms with Crippen LogP contribution in [0.5, 0.6) is 11.5 Å². The van der Waals surface area contributed by atoms with Crippen LogP contribution in [0.3, 0.4) is 0 Å². The van der Waals surface area contributed by atoms with Crippen molar-refractivity contribution in [2.45, 2.75) is 19.4 Å². The SMILES string of the molecule is O=C(CCc1c[nH]c2ccccc12)N1CCN(Cc2ccc3c(c2)OCCO3)CC1. The summed E-state index contributed by atoms with van der Waals surface area (Å²) in [7, 11) is 0. The van der Waals surface area contributed by atoms with Gasteiger partial charge in [0.05, 0.1) is 0 Å². The third kappa shape index (κ3) is 4.00. The third-order valence-corrected chi connectivity index (χ3v) is 6.02. The van der Waals surface area contributed by atoms with E-state index in [2.05, 4.69) is 34.1 Å². The number of H-pyrrole nitrogens is 1. The molecule has 5 rings (SSSR count). The van der Waals surface area contributed by atoms with E-state index in [0.717, 1.165) is 56.2 Å². The molecule has 1 amide bonds. The number of carbonyl (C=O) groups is 1. The van der Waals surface area contributed by atoms with Gasteiger partial charge in [0.15, 0.2) is 11.5 Å². The molecule has 3 aromatic rings. The number of aryl methyl sites for hydroxylation is 1. The van der Waals surface area contributed by atoms with Crippen molar-refractivity contribution in [3.05, 3.63) is 59.8 Å². The van der Waals surface area contributed by atoms with Crippen molar-refractivity contribution in [3.8, 4) is 11.5 Å². The van der Waals surface area contributed by atoms with E-state index in [1.165, 1.54) is 16.5 Å². The average Bonchev–Trinajstić information content (AvgIpc) is 3.21. The summed E-state index contributed by atoms with van der Waals surface area (Å²) in [6.45, 7) is 5.46. The van der Waals surface area contributed by atoms with E-state index in [4.69, 9.17) is 9.47 Å². The molecule has 0 spiro atoms. The van der Waals surface area contributed by atoms with E-state index in [1.54, 1.807) is 0 Å². The molecule has 0 atom stereocenters. The summed E-state index contributed by atoms with van der Waals surface area (Å²) in [4.78, 5) is 20.4. The van der Waals surface area contributed by atoms with Gasteiger partial charge in [-0.05, 0) is 35.7 Å². The van der Waals surface area contributed by atoms with E-state index in [-0.39, 0.29) is 5.91 Å². The van der Waals surface area contributed by atoms with Gasteiger partial charge in [0.25, 0.3) is 0 Å². The van der Waals surface area contributed by atoms with Gasteiger partial charge in [0.2, 0.25) is 5.91 Å². The molecule has 1 N–H and O–H groups in total. The lowest BCUT2D eigenvalue weighted by Gasteiger charge is -2.35. The molecule has 2 aliphatic rings. The molecule has 156 valence electrons. The van der Waals surface area contributed by atoms with Crippen LogP contribution in [0.4, 0.5) is 0 Å². The Kier molecular flexibility index (Phi) is 5.32. The van der Waals surface area contributed by atoms with Crippen LogP contribution in [0.2, 0.25) is 0 Å². The first-order chi connectivity index (χ1) is 14.8. The molecule has 1 aromatic heterocycles. The van der Waals surface area contributed by atoms with Crippen LogP contribution in [0.1, 0.15) is 17.5 Å². The molecule has 2 aromatic carbocycles. The summed E-state index contributed by atoms with van der Waals surface area (Å²) in [6.07, 6.45) is 3.37. The third-order valence-electron chi connectivity index (χ3n) is 6.02. The second-order valence-electron chi connectivity index (χ2n) is 7.99. The fourth-order valence-electron chi connectivity index (χ4n) is 4.34. The first kappa shape index (κ1) is 19.0. The number of para-hydroxylation sites is 1. The standard InChI is InChI=1S/C24H27N3O3/c28-24(8-6-19-16-25-21-4-2-1-3-20(19)21)27-11-9-26(10-12-27)17-18-5-7-22-23(15-18)30-14-13-29-22/h1-5,7,15-16,25H,6,8-14,17H2. The van der Waals surface area contributed by atoms with Crippen LogP contribution in [0.25, 0.3) is 10.9 Å². The topological polar surface area (TPSA) is 57.8 Å². The average molecular weight is 405 g/mol. The van der Waals surface area contributed by atoms with Gasteiger partial charge in [-0.15, -0.1) is 0 Å². The molecule has 0 radical (unpaired) electrons. The number of nitrogens with one attached hydrogen (secondary N) is 1. The molecule has 1 saturated heterocycles. The fraction of sp³-hybridized carbons (Fsp3) is 0.375. The Morgan fingerprint density at radius 3 is 2.63 bits per heavy atom. The van der Waals surface area contributed by atoms with Gasteiger partial charge in [-0.3, -0.25) is 9.69 Å². The Bertz CT molecular complexity index is 1040. The van der Waals surface area contributed by atoms with Crippen molar-refractivity contribution in [1.29, 1.82) is 0 Å². The lowest BCUT2D eigenvalue weighted by atomic mass is 10.1. The van der Waals surface area contributed by atoms with E-state index in [9.17, 15) is 4.79 Å². The highest BCUT2D eigenvalue weighted by atomic mass is 16.6. The number of fused-ring (bicyclic) bond motifs is 2. The number of hydrogen-bond acceptors (Lipinski definition) is 4. The van der Waals surface area contributed by atoms with Crippen LogP contribution in [0, 0.1) is 0 Å². The maximum atomic E-state index is 12.7. The predicted molar refractivity (Wildman–Crippen MR) is 116 cm³/mol. The summed E-state index contributed by atoms with van der Waals surface area (Å²) < 4.78 is 11.3. The zero-order valence-corrected chi connectivity index (χ0v) is 17.1. The lowest BCUT2D eigenvalue weighted by molar-refractivity contribution is -0.132. The number of piperazine rings is 1. The number of aromatic nitrogens is 1. The minimum Gasteiger partial charge on any atom is -0.486 e. The minimum absolute atomic E-state index is 0.249. The van der Waals surface area contributed by atoms with E-state index in [0.29, 0.717) is 19.6 Å². The molecule has 6 nitrogen and oxygen atoms in total. The normalized spacial score (nSPS) is 16.7. The van der Waals surface area contributed by atoms with Gasteiger partial charge in [-0.1, -0.05) is 24.3 Å². The van der Waals surface area contributed by atoms with Crippen molar-refractivity contribution in [2.24, 2.45) is 0 Å². The van der Waals surface area contributed by atoms with Crippen LogP contribution in [-0.4, -0.2) is 60.1 Å². The first-order valence-corrected chi connectivity index (χ1v) is 10.7. The quantitative estimate of drug-likeness (QED) is 0.708. The maximum Gasteiger partial charge on any atom is 0.222 e. The van der Waals surface area contributed by atoms with Crippen LogP contribution < -0.4 is 9.47 Å². The first-order valence-electron chi connectivity index (χ1n) is 10.7. The zero-order chi connectivity index (χ0) is 20.3. The smallest absolute Gasteiger partial charge is 0.222 e. The summed E-state index contributed by atoms with van der Waals surface area (Å²) >= 11 is 0. The van der Waals surface area contributed by atoms with Crippen LogP contribution >= 0.6 is 0 Å². The molecule has 0 saturated carbocycles. The zero-order valence-electron chi connectivity index (χ0n) is 17.1. The van der Waals surface area contributed by atoms with Gasteiger partial charge in [-0.25, -0.2) is 0 Å². The second-order valence-corrected chi connectivity index (χ2v) is 7.99. The summed E-state index contributed by atoms with van der Waals surface area (Å²) in [6, 6.07) is 14.4. The Hall–Kier alpha value is -2.99. The van der Waals surface area contributed by atoms with Crippen molar-refractivity contribution in [1.82, 2.24) is 14.8 Å². The molecular weight excluding hydrogens is 378 g/mol. The molecule has 1 fully saturated rings. The number of aromatic amines is 1. The highest BCUT2D eigenvalue weighted by Crippen LogP contribution is 2.31. The molecular formula is C24H27N3O3. The van der Waals surface area contributed by atoms with Gasteiger partial charge in [0.1, 0.15) is 13.2 Å². The van der Waals surface area contributed by atoms with Gasteiger partial charge < -0.3 is 19.4 Å². The lowest BCUT2D eigenvalue weighted by Crippen LogP contribution is -2.48. The van der Waals surface area contributed by atoms with Crippen molar-refractivity contribution < 1.29 is 14.3 Å². The summed E-state index contributed by atoms with van der Waals surface area (Å²) in [5.74, 6) is 1.92. The Labute approximate surface area is 176 Å². The minimum atomic E-state index is 0.249. The summed E-state index contributed by atoms with van der Waals surface area (Å²) in [5, 5.41) is 1.22.